The van der Waals surface area contributed by atoms with Gasteiger partial charge in [-0.25, -0.2) is 0 Å². The number of hydrogen-bond acceptors (Lipinski definition) is 8. The Bertz CT molecular complexity index is 1020. The maximum absolute atomic E-state index is 13.0. The Kier molecular flexibility index (Phi) is 5.20. The third-order valence-electron chi connectivity index (χ3n) is 4.90. The van der Waals surface area contributed by atoms with Crippen LogP contribution in [0.15, 0.2) is 57.3 Å². The van der Waals surface area contributed by atoms with E-state index in [1.54, 1.807) is 16.7 Å². The molecule has 2 heterocycles. The van der Waals surface area contributed by atoms with E-state index in [2.05, 4.69) is 23.2 Å². The Balaban J connectivity index is 1.91. The minimum atomic E-state index is -0.428. The van der Waals surface area contributed by atoms with Crippen LogP contribution in [-0.4, -0.2) is 21.7 Å². The maximum Gasteiger partial charge on any atom is 0.219 e. The lowest BCUT2D eigenvalue weighted by Gasteiger charge is -2.38. The van der Waals surface area contributed by atoms with Crippen molar-refractivity contribution in [1.29, 1.82) is 5.26 Å². The molecule has 1 aliphatic heterocycles. The molecule has 0 radical (unpaired) electrons. The number of hydrogen-bond donors (Lipinski definition) is 1. The van der Waals surface area contributed by atoms with Crippen molar-refractivity contribution in [2.75, 3.05) is 10.7 Å². The normalized spacial score (nSPS) is 19.6. The molecule has 1 atom stereocenters. The zero-order chi connectivity index (χ0) is 19.7. The van der Waals surface area contributed by atoms with Crippen molar-refractivity contribution in [3.8, 4) is 6.07 Å². The van der Waals surface area contributed by atoms with Crippen molar-refractivity contribution in [2.24, 2.45) is 5.73 Å². The quantitative estimate of drug-likeness (QED) is 0.764. The van der Waals surface area contributed by atoms with Gasteiger partial charge in [0.2, 0.25) is 5.13 Å². The molecule has 1 aromatic carbocycles. The fraction of sp³-hybridized carbons (Fsp3) is 0.300. The highest BCUT2D eigenvalue weighted by Gasteiger charge is 2.41. The van der Waals surface area contributed by atoms with Gasteiger partial charge in [0.1, 0.15) is 5.82 Å². The van der Waals surface area contributed by atoms with E-state index in [0.29, 0.717) is 28.5 Å². The molecule has 0 spiro atoms. The van der Waals surface area contributed by atoms with E-state index < -0.39 is 5.92 Å². The van der Waals surface area contributed by atoms with Gasteiger partial charge >= 0.3 is 0 Å². The summed E-state index contributed by atoms with van der Waals surface area (Å²) in [5.41, 5.74) is 9.32. The molecule has 0 amide bonds. The van der Waals surface area contributed by atoms with Crippen LogP contribution in [0.5, 0.6) is 0 Å². The van der Waals surface area contributed by atoms with Crippen LogP contribution in [0.2, 0.25) is 0 Å². The molecular weight excluding hydrogens is 390 g/mol. The van der Waals surface area contributed by atoms with Gasteiger partial charge in [-0.3, -0.25) is 9.69 Å². The predicted octanol–water partition coefficient (Wildman–Crippen LogP) is 3.95. The predicted molar refractivity (Wildman–Crippen MR) is 111 cm³/mol. The summed E-state index contributed by atoms with van der Waals surface area (Å²) < 4.78 is 0.846. The van der Waals surface area contributed by atoms with Crippen LogP contribution in [0.1, 0.15) is 37.7 Å². The Morgan fingerprint density at radius 1 is 1.32 bits per heavy atom. The van der Waals surface area contributed by atoms with Crippen molar-refractivity contribution in [3.63, 3.8) is 0 Å². The van der Waals surface area contributed by atoms with E-state index in [-0.39, 0.29) is 5.78 Å². The van der Waals surface area contributed by atoms with Crippen LogP contribution >= 0.6 is 23.1 Å². The summed E-state index contributed by atoms with van der Waals surface area (Å²) in [6.45, 7) is 2.06. The zero-order valence-electron chi connectivity index (χ0n) is 15.4. The third kappa shape index (κ3) is 3.11. The van der Waals surface area contributed by atoms with Crippen molar-refractivity contribution in [2.45, 2.75) is 36.4 Å². The Morgan fingerprint density at radius 3 is 2.82 bits per heavy atom. The molecule has 2 N–H and O–H groups in total. The summed E-state index contributed by atoms with van der Waals surface area (Å²) in [4.78, 5) is 14.8. The number of nitrogens with zero attached hydrogens (tertiary/aromatic N) is 4. The molecule has 1 aromatic heterocycles. The molecule has 0 fully saturated rings. The number of carbonyl (C=O) groups is 1. The van der Waals surface area contributed by atoms with Crippen LogP contribution in [0.25, 0.3) is 0 Å². The van der Waals surface area contributed by atoms with Crippen molar-refractivity contribution in [3.05, 3.63) is 58.6 Å². The minimum Gasteiger partial charge on any atom is -0.384 e. The SMILES string of the molecule is CCSc1nnc(N2C(N)=C(C#N)C(c3ccccc3)C3=C2CCCC3=O)s1. The lowest BCUT2D eigenvalue weighted by Crippen LogP contribution is -2.38. The van der Waals surface area contributed by atoms with Crippen LogP contribution in [0, 0.1) is 11.3 Å². The molecule has 0 saturated heterocycles. The van der Waals surface area contributed by atoms with Crippen LogP contribution in [0.3, 0.4) is 0 Å². The molecule has 142 valence electrons. The lowest BCUT2D eigenvalue weighted by molar-refractivity contribution is -0.116. The Hall–Kier alpha value is -2.63. The number of thioether (sulfide) groups is 1. The van der Waals surface area contributed by atoms with Gasteiger partial charge in [0, 0.05) is 17.7 Å². The number of benzene rings is 1. The topological polar surface area (TPSA) is 95.9 Å². The van der Waals surface area contributed by atoms with E-state index in [4.69, 9.17) is 5.73 Å². The number of Topliss-reactive ketones (excluding diaryl/α,β-unsaturated/α-hetero) is 1. The smallest absolute Gasteiger partial charge is 0.219 e. The molecule has 1 unspecified atom stereocenters. The van der Waals surface area contributed by atoms with Gasteiger partial charge in [0.15, 0.2) is 10.1 Å². The number of anilines is 1. The van der Waals surface area contributed by atoms with E-state index in [1.807, 2.05) is 30.3 Å². The number of aromatic nitrogens is 2. The summed E-state index contributed by atoms with van der Waals surface area (Å²) in [6.07, 6.45) is 1.97. The second-order valence-corrected chi connectivity index (χ2v) is 8.98. The van der Waals surface area contributed by atoms with Crippen molar-refractivity contribution < 1.29 is 4.79 Å². The van der Waals surface area contributed by atoms with E-state index in [0.717, 1.165) is 34.2 Å². The summed E-state index contributed by atoms with van der Waals surface area (Å²) in [7, 11) is 0. The van der Waals surface area contributed by atoms with Gasteiger partial charge < -0.3 is 5.73 Å². The molecule has 0 saturated carbocycles. The summed E-state index contributed by atoms with van der Waals surface area (Å²) >= 11 is 3.04. The van der Waals surface area contributed by atoms with Gasteiger partial charge in [0.25, 0.3) is 0 Å². The molecular formula is C20H19N5OS2. The standard InChI is InChI=1S/C20H19N5OS2/c1-2-27-20-24-23-19(28-20)25-14-9-6-10-15(26)17(14)16(13(11-21)18(25)22)12-7-4-3-5-8-12/h3-5,7-8,16H,2,6,9-10,22H2,1H3. The molecule has 4 rings (SSSR count). The van der Waals surface area contributed by atoms with Gasteiger partial charge in [-0.15, -0.1) is 10.2 Å². The second kappa shape index (κ2) is 7.78. The van der Waals surface area contributed by atoms with Gasteiger partial charge in [0.05, 0.1) is 17.6 Å². The first-order valence-electron chi connectivity index (χ1n) is 9.13. The second-order valence-electron chi connectivity index (χ2n) is 6.51. The van der Waals surface area contributed by atoms with Crippen molar-refractivity contribution >= 4 is 34.0 Å². The fourth-order valence-electron chi connectivity index (χ4n) is 3.76. The highest BCUT2D eigenvalue weighted by Crippen LogP contribution is 2.46. The highest BCUT2D eigenvalue weighted by molar-refractivity contribution is 8.01. The molecule has 0 bridgehead atoms. The van der Waals surface area contributed by atoms with E-state index in [9.17, 15) is 10.1 Å². The average molecular weight is 410 g/mol. The maximum atomic E-state index is 13.0. The number of allylic oxidation sites excluding steroid dienone is 3. The molecule has 6 nitrogen and oxygen atoms in total. The monoisotopic (exact) mass is 409 g/mol. The van der Waals surface area contributed by atoms with Gasteiger partial charge in [-0.2, -0.15) is 5.26 Å². The fourth-order valence-corrected chi connectivity index (χ4v) is 5.54. The molecule has 2 aromatic rings. The number of ketones is 1. The van der Waals surface area contributed by atoms with Crippen LogP contribution in [0.4, 0.5) is 5.13 Å². The summed E-state index contributed by atoms with van der Waals surface area (Å²) in [5, 5.41) is 19.1. The first kappa shape index (κ1) is 18.7. The summed E-state index contributed by atoms with van der Waals surface area (Å²) in [5.74, 6) is 0.885. The van der Waals surface area contributed by atoms with Crippen LogP contribution < -0.4 is 10.6 Å². The van der Waals surface area contributed by atoms with Crippen molar-refractivity contribution in [1.82, 2.24) is 10.2 Å². The minimum absolute atomic E-state index is 0.0769. The average Bonchev–Trinajstić information content (AvgIpc) is 3.16. The molecule has 28 heavy (non-hydrogen) atoms. The van der Waals surface area contributed by atoms with Gasteiger partial charge in [-0.05, 0) is 24.2 Å². The first-order chi connectivity index (χ1) is 13.7. The zero-order valence-corrected chi connectivity index (χ0v) is 17.0. The lowest BCUT2D eigenvalue weighted by atomic mass is 9.76. The summed E-state index contributed by atoms with van der Waals surface area (Å²) in [6, 6.07) is 11.9. The first-order valence-corrected chi connectivity index (χ1v) is 10.9. The Labute approximate surface area is 171 Å². The van der Waals surface area contributed by atoms with Crippen LogP contribution in [-0.2, 0) is 4.79 Å². The highest BCUT2D eigenvalue weighted by atomic mass is 32.2. The number of rotatable bonds is 4. The molecule has 8 heteroatoms. The third-order valence-corrected chi connectivity index (χ3v) is 6.82. The van der Waals surface area contributed by atoms with E-state index >= 15 is 0 Å². The number of carbonyl (C=O) groups excluding carboxylic acids is 1. The number of nitrogens with two attached hydrogens (primary N) is 1. The number of nitriles is 1. The Morgan fingerprint density at radius 2 is 2.11 bits per heavy atom. The molecule has 2 aliphatic rings. The van der Waals surface area contributed by atoms with E-state index in [1.165, 1.54) is 11.3 Å². The molecule has 1 aliphatic carbocycles. The van der Waals surface area contributed by atoms with Gasteiger partial charge in [-0.1, -0.05) is 60.4 Å². The largest absolute Gasteiger partial charge is 0.384 e.